The summed E-state index contributed by atoms with van der Waals surface area (Å²) in [6, 6.07) is 14.1. The van der Waals surface area contributed by atoms with Gasteiger partial charge in [-0.15, -0.1) is 0 Å². The highest BCUT2D eigenvalue weighted by atomic mass is 35.6. The Morgan fingerprint density at radius 2 is 1.69 bits per heavy atom. The van der Waals surface area contributed by atoms with E-state index in [4.69, 9.17) is 49.0 Å². The highest BCUT2D eigenvalue weighted by molar-refractivity contribution is 6.68. The number of hydrogen-bond acceptors (Lipinski definition) is 4. The summed E-state index contributed by atoms with van der Waals surface area (Å²) in [4.78, 5) is 12.5. The normalized spacial score (nSPS) is 12.3. The number of methoxy groups -OCH3 is 2. The largest absolute Gasteiger partial charge is 0.493 e. The van der Waals surface area contributed by atoms with E-state index in [0.29, 0.717) is 17.1 Å². The number of amides is 1. The topological polar surface area (TPSA) is 56.8 Å². The fourth-order valence-corrected chi connectivity index (χ4v) is 2.50. The van der Waals surface area contributed by atoms with Crippen LogP contribution in [0.25, 0.3) is 0 Å². The molecule has 2 aromatic rings. The Kier molecular flexibility index (Phi) is 7.41. The number of rotatable bonds is 7. The summed E-state index contributed by atoms with van der Waals surface area (Å²) < 4.78 is 14.1. The average molecular weight is 419 g/mol. The molecular weight excluding hydrogens is 401 g/mol. The van der Waals surface area contributed by atoms with E-state index in [-0.39, 0.29) is 6.61 Å². The fourth-order valence-electron chi connectivity index (χ4n) is 2.15. The van der Waals surface area contributed by atoms with Crippen LogP contribution < -0.4 is 14.8 Å². The zero-order valence-corrected chi connectivity index (χ0v) is 16.4. The molecule has 0 spiro atoms. The highest BCUT2D eigenvalue weighted by Gasteiger charge is 2.35. The molecule has 0 aliphatic carbocycles. The van der Waals surface area contributed by atoms with Crippen LogP contribution in [0.4, 0.5) is 0 Å². The molecule has 2 rings (SSSR count). The molecule has 1 N–H and O–H groups in total. The van der Waals surface area contributed by atoms with Crippen LogP contribution in [-0.2, 0) is 11.3 Å². The van der Waals surface area contributed by atoms with Crippen molar-refractivity contribution in [3.05, 3.63) is 59.7 Å². The second-order valence-electron chi connectivity index (χ2n) is 5.26. The van der Waals surface area contributed by atoms with E-state index in [0.717, 1.165) is 5.56 Å². The van der Waals surface area contributed by atoms with Gasteiger partial charge in [0, 0.05) is 5.56 Å². The smallest absolute Gasteiger partial charge is 0.253 e. The van der Waals surface area contributed by atoms with Crippen LogP contribution in [0.15, 0.2) is 48.5 Å². The molecule has 8 heteroatoms. The number of hydrogen-bond donors (Lipinski definition) is 1. The summed E-state index contributed by atoms with van der Waals surface area (Å²) in [7, 11) is 2.99. The molecule has 140 valence electrons. The highest BCUT2D eigenvalue weighted by Crippen LogP contribution is 2.32. The Balaban J connectivity index is 2.11. The average Bonchev–Trinajstić information content (AvgIpc) is 2.64. The lowest BCUT2D eigenvalue weighted by Gasteiger charge is -2.25. The molecule has 5 nitrogen and oxygen atoms in total. The maximum absolute atomic E-state index is 12.5. The first-order valence-corrected chi connectivity index (χ1v) is 8.73. The number of benzene rings is 2. The Bertz CT molecular complexity index is 735. The second kappa shape index (κ2) is 9.33. The van der Waals surface area contributed by atoms with Crippen molar-refractivity contribution in [2.24, 2.45) is 0 Å². The van der Waals surface area contributed by atoms with Crippen LogP contribution in [-0.4, -0.2) is 30.1 Å². The van der Waals surface area contributed by atoms with Gasteiger partial charge < -0.3 is 19.5 Å². The van der Waals surface area contributed by atoms with Crippen molar-refractivity contribution in [3.63, 3.8) is 0 Å². The summed E-state index contributed by atoms with van der Waals surface area (Å²) in [5.74, 6) is 0.438. The van der Waals surface area contributed by atoms with Gasteiger partial charge in [0.2, 0.25) is 3.79 Å². The molecule has 0 saturated carbocycles. The SMILES string of the molecule is COc1ccc(C(=O)NC(OCc2ccccc2)C(Cl)(Cl)Cl)cc1OC. The molecule has 0 bridgehead atoms. The van der Waals surface area contributed by atoms with Gasteiger partial charge in [-0.25, -0.2) is 0 Å². The quantitative estimate of drug-likeness (QED) is 0.536. The lowest BCUT2D eigenvalue weighted by Crippen LogP contribution is -2.45. The van der Waals surface area contributed by atoms with Crippen LogP contribution >= 0.6 is 34.8 Å². The van der Waals surface area contributed by atoms with Gasteiger partial charge in [-0.3, -0.25) is 4.79 Å². The van der Waals surface area contributed by atoms with Gasteiger partial charge in [0.15, 0.2) is 17.7 Å². The number of halogens is 3. The predicted molar refractivity (Wildman–Crippen MR) is 102 cm³/mol. The van der Waals surface area contributed by atoms with Crippen molar-refractivity contribution in [3.8, 4) is 11.5 Å². The summed E-state index contributed by atoms with van der Waals surface area (Å²) in [5, 5.41) is 2.58. The number of nitrogens with one attached hydrogen (secondary N) is 1. The molecule has 2 aromatic carbocycles. The van der Waals surface area contributed by atoms with Gasteiger partial charge in [0.05, 0.1) is 20.8 Å². The van der Waals surface area contributed by atoms with E-state index in [9.17, 15) is 4.79 Å². The van der Waals surface area contributed by atoms with Crippen molar-refractivity contribution in [1.82, 2.24) is 5.32 Å². The van der Waals surface area contributed by atoms with Crippen LogP contribution in [0, 0.1) is 0 Å². The molecule has 0 aliphatic rings. The number of carbonyl (C=O) groups excluding carboxylic acids is 1. The van der Waals surface area contributed by atoms with Crippen molar-refractivity contribution >= 4 is 40.7 Å². The molecule has 0 heterocycles. The minimum Gasteiger partial charge on any atom is -0.493 e. The van der Waals surface area contributed by atoms with E-state index < -0.39 is 15.9 Å². The Morgan fingerprint density at radius 1 is 1.04 bits per heavy atom. The lowest BCUT2D eigenvalue weighted by atomic mass is 10.2. The second-order valence-corrected chi connectivity index (χ2v) is 7.63. The molecule has 1 amide bonds. The van der Waals surface area contributed by atoms with E-state index in [1.165, 1.54) is 20.3 Å². The molecule has 0 saturated heterocycles. The summed E-state index contributed by atoms with van der Waals surface area (Å²) in [6.45, 7) is 0.172. The Hall–Kier alpha value is -1.66. The van der Waals surface area contributed by atoms with E-state index in [2.05, 4.69) is 5.32 Å². The zero-order chi connectivity index (χ0) is 19.2. The summed E-state index contributed by atoms with van der Waals surface area (Å²) >= 11 is 17.8. The minimum absolute atomic E-state index is 0.172. The lowest BCUT2D eigenvalue weighted by molar-refractivity contribution is 0.0198. The fraction of sp³-hybridized carbons (Fsp3) is 0.278. The first-order chi connectivity index (χ1) is 12.3. The first kappa shape index (κ1) is 20.6. The van der Waals surface area contributed by atoms with Gasteiger partial charge >= 0.3 is 0 Å². The molecule has 0 aliphatic heterocycles. The Labute approximate surface area is 167 Å². The molecule has 0 aromatic heterocycles. The van der Waals surface area contributed by atoms with Crippen molar-refractivity contribution in [2.75, 3.05) is 14.2 Å². The Morgan fingerprint density at radius 3 is 2.27 bits per heavy atom. The number of carbonyl (C=O) groups is 1. The third kappa shape index (κ3) is 5.68. The minimum atomic E-state index is -1.85. The maximum atomic E-state index is 12.5. The molecule has 0 fully saturated rings. The van der Waals surface area contributed by atoms with Gasteiger partial charge in [-0.1, -0.05) is 65.1 Å². The molecular formula is C18H18Cl3NO4. The van der Waals surface area contributed by atoms with Gasteiger partial charge in [-0.2, -0.15) is 0 Å². The molecule has 1 atom stereocenters. The zero-order valence-electron chi connectivity index (χ0n) is 14.2. The van der Waals surface area contributed by atoms with E-state index in [1.807, 2.05) is 30.3 Å². The van der Waals surface area contributed by atoms with Crippen molar-refractivity contribution in [1.29, 1.82) is 0 Å². The molecule has 26 heavy (non-hydrogen) atoms. The van der Waals surface area contributed by atoms with Crippen LogP contribution in [0.2, 0.25) is 0 Å². The third-order valence-electron chi connectivity index (χ3n) is 3.46. The monoisotopic (exact) mass is 417 g/mol. The summed E-state index contributed by atoms with van der Waals surface area (Å²) in [6.07, 6.45) is -1.15. The maximum Gasteiger partial charge on any atom is 0.253 e. The van der Waals surface area contributed by atoms with E-state index >= 15 is 0 Å². The van der Waals surface area contributed by atoms with Crippen LogP contribution in [0.3, 0.4) is 0 Å². The third-order valence-corrected chi connectivity index (χ3v) is 4.06. The van der Waals surface area contributed by atoms with Gasteiger partial charge in [-0.05, 0) is 23.8 Å². The van der Waals surface area contributed by atoms with Crippen LogP contribution in [0.1, 0.15) is 15.9 Å². The van der Waals surface area contributed by atoms with Crippen LogP contribution in [0.5, 0.6) is 11.5 Å². The van der Waals surface area contributed by atoms with Crippen molar-refractivity contribution < 1.29 is 19.0 Å². The predicted octanol–water partition coefficient (Wildman–Crippen LogP) is 4.35. The summed E-state index contributed by atoms with van der Waals surface area (Å²) in [5.41, 5.74) is 1.19. The molecule has 1 unspecified atom stereocenters. The first-order valence-electron chi connectivity index (χ1n) is 7.60. The standard InChI is InChI=1S/C18H18Cl3NO4/c1-24-14-9-8-13(10-15(14)25-2)16(23)22-17(18(19,20)21)26-11-12-6-4-3-5-7-12/h3-10,17H,11H2,1-2H3,(H,22,23). The van der Waals surface area contributed by atoms with Crippen molar-refractivity contribution in [2.45, 2.75) is 16.6 Å². The van der Waals surface area contributed by atoms with Gasteiger partial charge in [0.1, 0.15) is 0 Å². The number of alkyl halides is 3. The van der Waals surface area contributed by atoms with E-state index in [1.54, 1.807) is 12.1 Å². The number of ether oxygens (including phenoxy) is 3. The van der Waals surface area contributed by atoms with Gasteiger partial charge in [0.25, 0.3) is 5.91 Å². The molecule has 0 radical (unpaired) electrons.